The van der Waals surface area contributed by atoms with E-state index >= 15 is 0 Å². The highest BCUT2D eigenvalue weighted by atomic mass is 16.5. The molecule has 1 aromatic rings. The number of rotatable bonds is 7. The zero-order chi connectivity index (χ0) is 18.9. The zero-order valence-electron chi connectivity index (χ0n) is 15.4. The largest absolute Gasteiger partial charge is 0.481 e. The van der Waals surface area contributed by atoms with Gasteiger partial charge in [-0.05, 0) is 73.8 Å². The van der Waals surface area contributed by atoms with E-state index in [4.69, 9.17) is 9.84 Å². The second kappa shape index (κ2) is 7.33. The third-order valence-electron chi connectivity index (χ3n) is 6.36. The first-order valence-electron chi connectivity index (χ1n) is 9.77. The normalized spacial score (nSPS) is 31.2. The summed E-state index contributed by atoms with van der Waals surface area (Å²) < 4.78 is 5.24. The van der Waals surface area contributed by atoms with Gasteiger partial charge in [0.25, 0.3) is 0 Å². The number of nitrogens with zero attached hydrogens (tertiary/aromatic N) is 1. The number of carbonyl (C=O) groups is 2. The molecule has 0 atom stereocenters. The quantitative estimate of drug-likeness (QED) is 0.570. The van der Waals surface area contributed by atoms with Gasteiger partial charge < -0.3 is 9.84 Å². The molecule has 4 bridgehead atoms. The fourth-order valence-electron chi connectivity index (χ4n) is 5.92. The minimum Gasteiger partial charge on any atom is -0.481 e. The van der Waals surface area contributed by atoms with Gasteiger partial charge in [0.05, 0.1) is 6.21 Å². The topological polar surface area (TPSA) is 88.0 Å². The van der Waals surface area contributed by atoms with Gasteiger partial charge >= 0.3 is 5.97 Å². The lowest BCUT2D eigenvalue weighted by molar-refractivity contribution is -0.139. The molecule has 1 amide bonds. The van der Waals surface area contributed by atoms with E-state index in [-0.39, 0.29) is 11.3 Å². The monoisotopic (exact) mass is 370 g/mol. The molecule has 2 N–H and O–H groups in total. The van der Waals surface area contributed by atoms with Crippen LogP contribution in [0.4, 0.5) is 0 Å². The number of hydrogen-bond acceptors (Lipinski definition) is 4. The Morgan fingerprint density at radius 2 is 1.78 bits per heavy atom. The molecule has 144 valence electrons. The maximum atomic E-state index is 12.5. The number of carboxylic acid groups (broad SMARTS) is 1. The number of carbonyl (C=O) groups excluding carboxylic acids is 1. The number of carboxylic acids is 1. The van der Waals surface area contributed by atoms with Crippen molar-refractivity contribution in [3.63, 3.8) is 0 Å². The molecule has 0 heterocycles. The smallest absolute Gasteiger partial charge is 0.341 e. The molecule has 6 heteroatoms. The van der Waals surface area contributed by atoms with Crippen LogP contribution < -0.4 is 10.2 Å². The molecular weight excluding hydrogens is 344 g/mol. The molecule has 4 saturated carbocycles. The Kier molecular flexibility index (Phi) is 4.89. The Labute approximate surface area is 159 Å². The van der Waals surface area contributed by atoms with Crippen molar-refractivity contribution in [1.82, 2.24) is 5.43 Å². The van der Waals surface area contributed by atoms with Crippen molar-refractivity contribution in [2.24, 2.45) is 28.3 Å². The van der Waals surface area contributed by atoms with Crippen molar-refractivity contribution in [1.29, 1.82) is 0 Å². The number of ether oxygens (including phenoxy) is 1. The molecule has 5 rings (SSSR count). The third kappa shape index (κ3) is 4.15. The Bertz CT molecular complexity index is 723. The second-order valence-corrected chi connectivity index (χ2v) is 8.61. The summed E-state index contributed by atoms with van der Waals surface area (Å²) in [4.78, 5) is 23.2. The summed E-state index contributed by atoms with van der Waals surface area (Å²) in [5.41, 5.74) is 3.48. The molecular formula is C21H26N2O4. The Balaban J connectivity index is 1.34. The number of benzene rings is 1. The Morgan fingerprint density at radius 1 is 1.15 bits per heavy atom. The molecule has 0 radical (unpaired) electrons. The van der Waals surface area contributed by atoms with E-state index in [2.05, 4.69) is 10.5 Å². The summed E-state index contributed by atoms with van der Waals surface area (Å²) in [5.74, 6) is 1.84. The van der Waals surface area contributed by atoms with Crippen LogP contribution in [0.3, 0.4) is 0 Å². The van der Waals surface area contributed by atoms with Crippen molar-refractivity contribution in [3.8, 4) is 5.75 Å². The van der Waals surface area contributed by atoms with Gasteiger partial charge in [0.1, 0.15) is 5.75 Å². The van der Waals surface area contributed by atoms with E-state index in [1.54, 1.807) is 18.2 Å². The summed E-state index contributed by atoms with van der Waals surface area (Å²) in [5, 5.41) is 12.8. The SMILES string of the molecule is O=C(O)COc1ccccc1/C=N\NC(=O)CC12CC3CC(CC(C3)C1)C2. The van der Waals surface area contributed by atoms with E-state index < -0.39 is 12.6 Å². The Morgan fingerprint density at radius 3 is 2.41 bits per heavy atom. The fourth-order valence-corrected chi connectivity index (χ4v) is 5.92. The highest BCUT2D eigenvalue weighted by Gasteiger charge is 2.51. The van der Waals surface area contributed by atoms with Crippen LogP contribution in [-0.4, -0.2) is 29.8 Å². The second-order valence-electron chi connectivity index (χ2n) is 8.61. The first-order chi connectivity index (χ1) is 13.0. The van der Waals surface area contributed by atoms with Gasteiger partial charge in [0.2, 0.25) is 5.91 Å². The van der Waals surface area contributed by atoms with Crippen LogP contribution in [0, 0.1) is 23.2 Å². The van der Waals surface area contributed by atoms with Crippen LogP contribution in [0.25, 0.3) is 0 Å². The number of amides is 1. The van der Waals surface area contributed by atoms with Gasteiger partial charge in [-0.1, -0.05) is 12.1 Å². The maximum Gasteiger partial charge on any atom is 0.341 e. The standard InChI is InChI=1S/C21H26N2O4/c24-19(11-21-8-14-5-15(9-21)7-16(6-14)10-21)23-22-12-17-3-1-2-4-18(17)27-13-20(25)26/h1-4,12,14-16H,5-11,13H2,(H,23,24)(H,25,26)/b22-12-. The number of nitrogens with one attached hydrogen (secondary N) is 1. The summed E-state index contributed by atoms with van der Waals surface area (Å²) in [6, 6.07) is 7.03. The van der Waals surface area contributed by atoms with Crippen molar-refractivity contribution < 1.29 is 19.4 Å². The summed E-state index contributed by atoms with van der Waals surface area (Å²) in [7, 11) is 0. The minimum atomic E-state index is -1.04. The first-order valence-corrected chi connectivity index (χ1v) is 9.77. The Hall–Kier alpha value is -2.37. The molecule has 0 aliphatic heterocycles. The van der Waals surface area contributed by atoms with Gasteiger partial charge in [-0.3, -0.25) is 4.79 Å². The van der Waals surface area contributed by atoms with Crippen LogP contribution in [-0.2, 0) is 9.59 Å². The third-order valence-corrected chi connectivity index (χ3v) is 6.36. The predicted octanol–water partition coefficient (Wildman–Crippen LogP) is 3.21. The number of hydrogen-bond donors (Lipinski definition) is 2. The predicted molar refractivity (Wildman–Crippen MR) is 101 cm³/mol. The lowest BCUT2D eigenvalue weighted by Crippen LogP contribution is -2.47. The van der Waals surface area contributed by atoms with Gasteiger partial charge in [0, 0.05) is 12.0 Å². The van der Waals surface area contributed by atoms with Crippen LogP contribution >= 0.6 is 0 Å². The van der Waals surface area contributed by atoms with Crippen molar-refractivity contribution in [3.05, 3.63) is 29.8 Å². The maximum absolute atomic E-state index is 12.5. The van der Waals surface area contributed by atoms with Crippen LogP contribution in [0.15, 0.2) is 29.4 Å². The number of aliphatic carboxylic acids is 1. The molecule has 1 aromatic carbocycles. The number of para-hydroxylation sites is 1. The fraction of sp³-hybridized carbons (Fsp3) is 0.571. The van der Waals surface area contributed by atoms with Crippen molar-refractivity contribution >= 4 is 18.1 Å². The zero-order valence-corrected chi connectivity index (χ0v) is 15.4. The summed E-state index contributed by atoms with van der Waals surface area (Å²) in [6.07, 6.45) is 9.76. The van der Waals surface area contributed by atoms with E-state index in [0.29, 0.717) is 17.7 Å². The molecule has 0 aromatic heterocycles. The first kappa shape index (κ1) is 18.0. The molecule has 0 spiro atoms. The lowest BCUT2D eigenvalue weighted by Gasteiger charge is -2.56. The molecule has 4 fully saturated rings. The van der Waals surface area contributed by atoms with Crippen LogP contribution in [0.2, 0.25) is 0 Å². The molecule has 4 aliphatic rings. The average molecular weight is 370 g/mol. The van der Waals surface area contributed by atoms with Gasteiger partial charge in [-0.25, -0.2) is 10.2 Å². The van der Waals surface area contributed by atoms with E-state index in [9.17, 15) is 9.59 Å². The summed E-state index contributed by atoms with van der Waals surface area (Å²) in [6.45, 7) is -0.413. The molecule has 0 saturated heterocycles. The van der Waals surface area contributed by atoms with E-state index in [1.807, 2.05) is 6.07 Å². The highest BCUT2D eigenvalue weighted by Crippen LogP contribution is 2.61. The van der Waals surface area contributed by atoms with Crippen molar-refractivity contribution in [2.45, 2.75) is 44.9 Å². The number of hydrazone groups is 1. The van der Waals surface area contributed by atoms with Crippen LogP contribution in [0.1, 0.15) is 50.5 Å². The van der Waals surface area contributed by atoms with Crippen LogP contribution in [0.5, 0.6) is 5.75 Å². The van der Waals surface area contributed by atoms with Gasteiger partial charge in [-0.15, -0.1) is 0 Å². The average Bonchev–Trinajstić information content (AvgIpc) is 2.59. The van der Waals surface area contributed by atoms with E-state index in [1.165, 1.54) is 44.7 Å². The van der Waals surface area contributed by atoms with E-state index in [0.717, 1.165) is 17.8 Å². The molecule has 4 aliphatic carbocycles. The molecule has 0 unspecified atom stereocenters. The van der Waals surface area contributed by atoms with Gasteiger partial charge in [0.15, 0.2) is 6.61 Å². The lowest BCUT2D eigenvalue weighted by atomic mass is 9.49. The minimum absolute atomic E-state index is 0.0304. The van der Waals surface area contributed by atoms with Crippen molar-refractivity contribution in [2.75, 3.05) is 6.61 Å². The van der Waals surface area contributed by atoms with Gasteiger partial charge in [-0.2, -0.15) is 5.10 Å². The molecule has 6 nitrogen and oxygen atoms in total. The highest BCUT2D eigenvalue weighted by molar-refractivity contribution is 5.85. The summed E-state index contributed by atoms with van der Waals surface area (Å²) >= 11 is 0. The molecule has 27 heavy (non-hydrogen) atoms.